The lowest BCUT2D eigenvalue weighted by Crippen LogP contribution is -2.47. The largest absolute Gasteiger partial charge is 0.366 e. The molecule has 0 saturated carbocycles. The zero-order chi connectivity index (χ0) is 14.7. The van der Waals surface area contributed by atoms with Gasteiger partial charge in [-0.2, -0.15) is 0 Å². The molecule has 0 spiro atoms. The Labute approximate surface area is 123 Å². The van der Waals surface area contributed by atoms with Crippen LogP contribution in [0.3, 0.4) is 0 Å². The molecule has 1 fully saturated rings. The Morgan fingerprint density at radius 3 is 2.65 bits per heavy atom. The van der Waals surface area contributed by atoms with Crippen molar-refractivity contribution in [3.63, 3.8) is 0 Å². The number of hydrogen-bond acceptors (Lipinski definition) is 4. The highest BCUT2D eigenvalue weighted by Crippen LogP contribution is 2.24. The van der Waals surface area contributed by atoms with Gasteiger partial charge in [0.15, 0.2) is 0 Å². The van der Waals surface area contributed by atoms with Crippen molar-refractivity contribution in [3.05, 3.63) is 17.0 Å². The number of primary amides is 1. The lowest BCUT2D eigenvalue weighted by molar-refractivity contribution is -0.118. The van der Waals surface area contributed by atoms with Gasteiger partial charge < -0.3 is 11.1 Å². The van der Waals surface area contributed by atoms with Gasteiger partial charge in [-0.3, -0.25) is 14.5 Å². The first-order valence-corrected chi connectivity index (χ1v) is 7.80. The Balaban J connectivity index is 1.98. The SMILES string of the molecule is C[C@H]1CCC[C@H](C)N1CC(=O)Nc1sccc1C(N)=O. The van der Waals surface area contributed by atoms with Gasteiger partial charge in [-0.1, -0.05) is 6.42 Å². The normalized spacial score (nSPS) is 23.5. The first-order chi connectivity index (χ1) is 9.49. The summed E-state index contributed by atoms with van der Waals surface area (Å²) < 4.78 is 0. The van der Waals surface area contributed by atoms with Crippen molar-refractivity contribution >= 4 is 28.2 Å². The molecule has 0 aromatic carbocycles. The average molecular weight is 295 g/mol. The summed E-state index contributed by atoms with van der Waals surface area (Å²) >= 11 is 1.32. The highest BCUT2D eigenvalue weighted by atomic mass is 32.1. The molecule has 20 heavy (non-hydrogen) atoms. The average Bonchev–Trinajstić information content (AvgIpc) is 2.82. The van der Waals surface area contributed by atoms with E-state index in [1.165, 1.54) is 17.8 Å². The molecule has 1 aliphatic rings. The molecule has 1 saturated heterocycles. The quantitative estimate of drug-likeness (QED) is 0.892. The number of nitrogens with one attached hydrogen (secondary N) is 1. The minimum absolute atomic E-state index is 0.0875. The van der Waals surface area contributed by atoms with Crippen LogP contribution in [-0.2, 0) is 4.79 Å². The zero-order valence-corrected chi connectivity index (χ0v) is 12.7. The van der Waals surface area contributed by atoms with Crippen LogP contribution >= 0.6 is 11.3 Å². The number of carbonyl (C=O) groups is 2. The molecule has 0 bridgehead atoms. The third-order valence-corrected chi connectivity index (χ3v) is 4.72. The predicted octanol–water partition coefficient (Wildman–Crippen LogP) is 2.05. The van der Waals surface area contributed by atoms with Crippen molar-refractivity contribution in [2.24, 2.45) is 5.73 Å². The summed E-state index contributed by atoms with van der Waals surface area (Å²) in [6, 6.07) is 2.47. The van der Waals surface area contributed by atoms with Gasteiger partial charge in [-0.05, 0) is 38.1 Å². The van der Waals surface area contributed by atoms with E-state index in [0.29, 0.717) is 29.2 Å². The van der Waals surface area contributed by atoms with Gasteiger partial charge in [0.2, 0.25) is 5.91 Å². The van der Waals surface area contributed by atoms with E-state index in [-0.39, 0.29) is 5.91 Å². The molecule has 0 unspecified atom stereocenters. The topological polar surface area (TPSA) is 75.4 Å². The zero-order valence-electron chi connectivity index (χ0n) is 11.9. The molecule has 1 aromatic rings. The van der Waals surface area contributed by atoms with Crippen LogP contribution in [-0.4, -0.2) is 35.3 Å². The number of thiophene rings is 1. The maximum atomic E-state index is 12.1. The first-order valence-electron chi connectivity index (χ1n) is 6.92. The number of likely N-dealkylation sites (tertiary alicyclic amines) is 1. The minimum Gasteiger partial charge on any atom is -0.366 e. The summed E-state index contributed by atoms with van der Waals surface area (Å²) in [7, 11) is 0. The fourth-order valence-corrected chi connectivity index (χ4v) is 3.53. The standard InChI is InChI=1S/C14H21N3O2S/c1-9-4-3-5-10(2)17(9)8-12(18)16-14-11(13(15)19)6-7-20-14/h6-7,9-10H,3-5,8H2,1-2H3,(H2,15,19)(H,16,18)/t9-,10-/m0/s1. The Kier molecular flexibility index (Phi) is 4.77. The number of hydrogen-bond donors (Lipinski definition) is 2. The molecule has 2 atom stereocenters. The summed E-state index contributed by atoms with van der Waals surface area (Å²) in [4.78, 5) is 25.6. The molecule has 2 amide bonds. The van der Waals surface area contributed by atoms with Crippen LogP contribution in [0.1, 0.15) is 43.5 Å². The van der Waals surface area contributed by atoms with Crippen molar-refractivity contribution in [3.8, 4) is 0 Å². The molecule has 0 aliphatic carbocycles. The molecule has 6 heteroatoms. The molecule has 2 rings (SSSR count). The van der Waals surface area contributed by atoms with Crippen LogP contribution < -0.4 is 11.1 Å². The van der Waals surface area contributed by atoms with Crippen LogP contribution in [0.5, 0.6) is 0 Å². The highest BCUT2D eigenvalue weighted by Gasteiger charge is 2.26. The predicted molar refractivity (Wildman–Crippen MR) is 80.9 cm³/mol. The summed E-state index contributed by atoms with van der Waals surface area (Å²) in [5, 5.41) is 5.09. The maximum Gasteiger partial charge on any atom is 0.251 e. The Morgan fingerprint density at radius 2 is 2.05 bits per heavy atom. The summed E-state index contributed by atoms with van der Waals surface area (Å²) in [6.07, 6.45) is 3.48. The molecule has 3 N–H and O–H groups in total. The third kappa shape index (κ3) is 3.37. The van der Waals surface area contributed by atoms with Crippen LogP contribution in [0, 0.1) is 0 Å². The minimum atomic E-state index is -0.513. The van der Waals surface area contributed by atoms with E-state index < -0.39 is 5.91 Å². The third-order valence-electron chi connectivity index (χ3n) is 3.89. The van der Waals surface area contributed by atoms with Crippen molar-refractivity contribution in [2.75, 3.05) is 11.9 Å². The molecule has 1 aliphatic heterocycles. The maximum absolute atomic E-state index is 12.1. The van der Waals surface area contributed by atoms with E-state index in [1.54, 1.807) is 11.4 Å². The molecule has 110 valence electrons. The van der Waals surface area contributed by atoms with Crippen LogP contribution in [0.4, 0.5) is 5.00 Å². The summed E-state index contributed by atoms with van der Waals surface area (Å²) in [6.45, 7) is 4.67. The van der Waals surface area contributed by atoms with E-state index in [4.69, 9.17) is 5.73 Å². The Bertz CT molecular complexity index is 490. The Morgan fingerprint density at radius 1 is 1.40 bits per heavy atom. The fourth-order valence-electron chi connectivity index (χ4n) is 2.72. The van der Waals surface area contributed by atoms with E-state index >= 15 is 0 Å². The van der Waals surface area contributed by atoms with Gasteiger partial charge >= 0.3 is 0 Å². The molecule has 1 aromatic heterocycles. The second-order valence-electron chi connectivity index (χ2n) is 5.38. The van der Waals surface area contributed by atoms with E-state index in [9.17, 15) is 9.59 Å². The smallest absolute Gasteiger partial charge is 0.251 e. The van der Waals surface area contributed by atoms with E-state index in [0.717, 1.165) is 12.8 Å². The number of rotatable bonds is 4. The van der Waals surface area contributed by atoms with Gasteiger partial charge in [-0.15, -0.1) is 11.3 Å². The van der Waals surface area contributed by atoms with Crippen molar-refractivity contribution < 1.29 is 9.59 Å². The van der Waals surface area contributed by atoms with E-state index in [2.05, 4.69) is 24.1 Å². The van der Waals surface area contributed by atoms with Crippen molar-refractivity contribution in [2.45, 2.75) is 45.2 Å². The molecule has 2 heterocycles. The van der Waals surface area contributed by atoms with Gasteiger partial charge in [0.05, 0.1) is 12.1 Å². The number of anilines is 1. The molecular formula is C14H21N3O2S. The number of piperidine rings is 1. The highest BCUT2D eigenvalue weighted by molar-refractivity contribution is 7.14. The van der Waals surface area contributed by atoms with Crippen LogP contribution in [0.25, 0.3) is 0 Å². The summed E-state index contributed by atoms with van der Waals surface area (Å²) in [5.74, 6) is -0.600. The lowest BCUT2D eigenvalue weighted by Gasteiger charge is -2.38. The van der Waals surface area contributed by atoms with Gasteiger partial charge in [0, 0.05) is 12.1 Å². The first kappa shape index (κ1) is 15.0. The number of carbonyl (C=O) groups excluding carboxylic acids is 2. The molecule has 0 radical (unpaired) electrons. The summed E-state index contributed by atoms with van der Waals surface area (Å²) in [5.41, 5.74) is 5.65. The monoisotopic (exact) mass is 295 g/mol. The van der Waals surface area contributed by atoms with Crippen LogP contribution in [0.2, 0.25) is 0 Å². The Hall–Kier alpha value is -1.40. The number of nitrogens with zero attached hydrogens (tertiary/aromatic N) is 1. The molecule has 5 nitrogen and oxygen atoms in total. The second-order valence-corrected chi connectivity index (χ2v) is 6.29. The second kappa shape index (κ2) is 6.37. The van der Waals surface area contributed by atoms with E-state index in [1.807, 2.05) is 0 Å². The van der Waals surface area contributed by atoms with Crippen molar-refractivity contribution in [1.29, 1.82) is 0 Å². The fraction of sp³-hybridized carbons (Fsp3) is 0.571. The lowest BCUT2D eigenvalue weighted by atomic mass is 9.97. The van der Waals surface area contributed by atoms with Gasteiger partial charge in [0.1, 0.15) is 5.00 Å². The number of nitrogens with two attached hydrogens (primary N) is 1. The molecular weight excluding hydrogens is 274 g/mol. The van der Waals surface area contributed by atoms with Gasteiger partial charge in [-0.25, -0.2) is 0 Å². The van der Waals surface area contributed by atoms with Gasteiger partial charge in [0.25, 0.3) is 5.91 Å². The number of amides is 2. The van der Waals surface area contributed by atoms with Crippen LogP contribution in [0.15, 0.2) is 11.4 Å². The van der Waals surface area contributed by atoms with Crippen molar-refractivity contribution in [1.82, 2.24) is 4.90 Å².